The van der Waals surface area contributed by atoms with Gasteiger partial charge in [0.25, 0.3) is 5.91 Å². The lowest BCUT2D eigenvalue weighted by Gasteiger charge is -2.08. The van der Waals surface area contributed by atoms with Gasteiger partial charge in [-0.15, -0.1) is 11.3 Å². The van der Waals surface area contributed by atoms with Crippen molar-refractivity contribution in [2.75, 3.05) is 13.2 Å². The van der Waals surface area contributed by atoms with Gasteiger partial charge in [-0.2, -0.15) is 0 Å². The van der Waals surface area contributed by atoms with Gasteiger partial charge < -0.3 is 14.8 Å². The van der Waals surface area contributed by atoms with E-state index in [4.69, 9.17) is 9.47 Å². The fourth-order valence-corrected chi connectivity index (χ4v) is 3.41. The Bertz CT molecular complexity index is 1000. The lowest BCUT2D eigenvalue weighted by Crippen LogP contribution is -2.30. The minimum Gasteiger partial charge on any atom is -0.494 e. The molecular weight excluding hydrogens is 419 g/mol. The molecule has 8 heteroatoms. The number of hydrogen-bond donors (Lipinski definition) is 1. The summed E-state index contributed by atoms with van der Waals surface area (Å²) < 4.78 is 23.7. The van der Waals surface area contributed by atoms with E-state index in [1.807, 2.05) is 0 Å². The Morgan fingerprint density at radius 2 is 1.84 bits per heavy atom. The van der Waals surface area contributed by atoms with E-state index >= 15 is 0 Å². The summed E-state index contributed by atoms with van der Waals surface area (Å²) >= 11 is 1.38. The molecule has 0 aliphatic heterocycles. The van der Waals surface area contributed by atoms with Gasteiger partial charge >= 0.3 is 5.97 Å². The Morgan fingerprint density at radius 1 is 1.10 bits per heavy atom. The van der Waals surface area contributed by atoms with Crippen LogP contribution in [0.4, 0.5) is 4.39 Å². The van der Waals surface area contributed by atoms with Gasteiger partial charge in [0, 0.05) is 16.5 Å². The van der Waals surface area contributed by atoms with Crippen LogP contribution in [-0.2, 0) is 16.1 Å². The highest BCUT2D eigenvalue weighted by Crippen LogP contribution is 2.24. The molecule has 162 valence electrons. The third-order valence-corrected chi connectivity index (χ3v) is 5.24. The third kappa shape index (κ3) is 6.89. The fraction of sp³-hybridized carbons (Fsp3) is 0.261. The molecule has 6 nitrogen and oxygen atoms in total. The molecule has 0 saturated carbocycles. The van der Waals surface area contributed by atoms with Crippen LogP contribution < -0.4 is 10.1 Å². The molecule has 1 aromatic heterocycles. The van der Waals surface area contributed by atoms with Gasteiger partial charge in [-0.1, -0.05) is 13.3 Å². The highest BCUT2D eigenvalue weighted by atomic mass is 32.1. The van der Waals surface area contributed by atoms with Gasteiger partial charge in [-0.05, 0) is 55.0 Å². The average molecular weight is 443 g/mol. The van der Waals surface area contributed by atoms with Crippen LogP contribution in [0.2, 0.25) is 0 Å². The minimum atomic E-state index is -0.566. The van der Waals surface area contributed by atoms with Crippen molar-refractivity contribution < 1.29 is 23.5 Å². The highest BCUT2D eigenvalue weighted by molar-refractivity contribution is 7.13. The van der Waals surface area contributed by atoms with E-state index in [0.717, 1.165) is 18.4 Å². The Morgan fingerprint density at radius 3 is 2.55 bits per heavy atom. The predicted molar refractivity (Wildman–Crippen MR) is 116 cm³/mol. The van der Waals surface area contributed by atoms with Crippen LogP contribution in [-0.4, -0.2) is 30.0 Å². The Hall–Kier alpha value is -3.26. The summed E-state index contributed by atoms with van der Waals surface area (Å²) in [4.78, 5) is 28.5. The second kappa shape index (κ2) is 11.2. The Kier molecular flexibility index (Phi) is 8.12. The van der Waals surface area contributed by atoms with Gasteiger partial charge in [0.05, 0.1) is 12.3 Å². The molecule has 3 aromatic rings. The van der Waals surface area contributed by atoms with E-state index in [1.165, 1.54) is 23.5 Å². The summed E-state index contributed by atoms with van der Waals surface area (Å²) in [5, 5.41) is 5.02. The van der Waals surface area contributed by atoms with Gasteiger partial charge in [0.1, 0.15) is 29.7 Å². The van der Waals surface area contributed by atoms with Gasteiger partial charge in [0.2, 0.25) is 0 Å². The van der Waals surface area contributed by atoms with Crippen molar-refractivity contribution >= 4 is 23.2 Å². The number of benzene rings is 2. The fourth-order valence-electron chi connectivity index (χ4n) is 2.60. The molecule has 1 amide bonds. The van der Waals surface area contributed by atoms with E-state index < -0.39 is 5.97 Å². The van der Waals surface area contributed by atoms with Crippen molar-refractivity contribution in [1.29, 1.82) is 0 Å². The molecule has 0 aliphatic rings. The molecule has 0 bridgehead atoms. The van der Waals surface area contributed by atoms with Crippen LogP contribution in [0.15, 0.2) is 53.9 Å². The van der Waals surface area contributed by atoms with E-state index in [-0.39, 0.29) is 24.9 Å². The summed E-state index contributed by atoms with van der Waals surface area (Å²) in [7, 11) is 0. The molecule has 0 aliphatic carbocycles. The molecule has 1 N–H and O–H groups in total. The number of ether oxygens (including phenoxy) is 2. The van der Waals surface area contributed by atoms with Crippen LogP contribution in [0.25, 0.3) is 10.6 Å². The monoisotopic (exact) mass is 442 g/mol. The molecule has 3 rings (SSSR count). The topological polar surface area (TPSA) is 77.5 Å². The molecule has 2 aromatic carbocycles. The molecule has 0 atom stereocenters. The first-order valence-corrected chi connectivity index (χ1v) is 10.8. The first-order valence-electron chi connectivity index (χ1n) is 9.92. The summed E-state index contributed by atoms with van der Waals surface area (Å²) in [5.74, 6) is -0.547. The molecule has 0 unspecified atom stereocenters. The predicted octanol–water partition coefficient (Wildman–Crippen LogP) is 4.60. The summed E-state index contributed by atoms with van der Waals surface area (Å²) in [6.07, 6.45) is 2.02. The third-order valence-electron chi connectivity index (χ3n) is 4.30. The molecule has 0 spiro atoms. The number of carbonyl (C=O) groups is 2. The largest absolute Gasteiger partial charge is 0.494 e. The second-order valence-corrected chi connectivity index (χ2v) is 7.58. The normalized spacial score (nSPS) is 10.5. The minimum absolute atomic E-state index is 0.00378. The van der Waals surface area contributed by atoms with Crippen molar-refractivity contribution in [2.45, 2.75) is 26.4 Å². The molecular formula is C23H23FN2O4S. The van der Waals surface area contributed by atoms with Gasteiger partial charge in [-0.3, -0.25) is 9.59 Å². The van der Waals surface area contributed by atoms with E-state index in [0.29, 0.717) is 28.6 Å². The number of nitrogens with one attached hydrogen (secondary N) is 1. The quantitative estimate of drug-likeness (QED) is 0.367. The molecule has 0 saturated heterocycles. The SMILES string of the molecule is CCCCOc1ccc(C(=O)NCC(=O)OCc2csc(-c3ccc(F)cc3)n2)cc1. The Labute approximate surface area is 184 Å². The average Bonchev–Trinajstić information content (AvgIpc) is 3.26. The number of thiazole rings is 1. The number of rotatable bonds is 10. The number of unbranched alkanes of at least 4 members (excludes halogenated alkanes) is 1. The number of halogens is 1. The van der Waals surface area contributed by atoms with Crippen LogP contribution >= 0.6 is 11.3 Å². The number of aromatic nitrogens is 1. The van der Waals surface area contributed by atoms with E-state index in [9.17, 15) is 14.0 Å². The summed E-state index contributed by atoms with van der Waals surface area (Å²) in [5.41, 5.74) is 1.81. The van der Waals surface area contributed by atoms with E-state index in [1.54, 1.807) is 41.8 Å². The Balaban J connectivity index is 1.42. The lowest BCUT2D eigenvalue weighted by molar-refractivity contribution is -0.143. The second-order valence-electron chi connectivity index (χ2n) is 6.72. The molecule has 1 heterocycles. The first kappa shape index (κ1) is 22.4. The van der Waals surface area contributed by atoms with Crippen molar-refractivity contribution in [1.82, 2.24) is 10.3 Å². The van der Waals surface area contributed by atoms with E-state index in [2.05, 4.69) is 17.2 Å². The van der Waals surface area contributed by atoms with Gasteiger partial charge in [0.15, 0.2) is 0 Å². The number of hydrogen-bond acceptors (Lipinski definition) is 6. The zero-order valence-corrected chi connectivity index (χ0v) is 17.9. The van der Waals surface area contributed by atoms with Crippen LogP contribution in [0.1, 0.15) is 35.8 Å². The highest BCUT2D eigenvalue weighted by Gasteiger charge is 2.11. The summed E-state index contributed by atoms with van der Waals surface area (Å²) in [6.45, 7) is 2.47. The maximum Gasteiger partial charge on any atom is 0.325 e. The number of esters is 1. The summed E-state index contributed by atoms with van der Waals surface area (Å²) in [6, 6.07) is 12.8. The standard InChI is InChI=1S/C23H23FN2O4S/c1-2-3-12-29-20-10-6-16(7-11-20)22(28)25-13-21(27)30-14-19-15-31-23(26-19)17-4-8-18(24)9-5-17/h4-11,15H,2-3,12-14H2,1H3,(H,25,28). The maximum absolute atomic E-state index is 13.0. The van der Waals surface area contributed by atoms with Crippen molar-refractivity contribution in [3.8, 4) is 16.3 Å². The first-order chi connectivity index (χ1) is 15.0. The van der Waals surface area contributed by atoms with Crippen LogP contribution in [0, 0.1) is 5.82 Å². The number of amides is 1. The zero-order chi connectivity index (χ0) is 22.1. The number of nitrogens with zero attached hydrogens (tertiary/aromatic N) is 1. The van der Waals surface area contributed by atoms with Crippen molar-refractivity contribution in [3.63, 3.8) is 0 Å². The zero-order valence-electron chi connectivity index (χ0n) is 17.1. The molecule has 31 heavy (non-hydrogen) atoms. The smallest absolute Gasteiger partial charge is 0.325 e. The molecule has 0 radical (unpaired) electrons. The maximum atomic E-state index is 13.0. The van der Waals surface area contributed by atoms with Gasteiger partial charge in [-0.25, -0.2) is 9.37 Å². The van der Waals surface area contributed by atoms with Crippen LogP contribution in [0.3, 0.4) is 0 Å². The molecule has 0 fully saturated rings. The number of carbonyl (C=O) groups excluding carboxylic acids is 2. The van der Waals surface area contributed by atoms with Crippen LogP contribution in [0.5, 0.6) is 5.75 Å². The van der Waals surface area contributed by atoms with Crippen molar-refractivity contribution in [2.24, 2.45) is 0 Å². The lowest BCUT2D eigenvalue weighted by atomic mass is 10.2. The van der Waals surface area contributed by atoms with Crippen molar-refractivity contribution in [3.05, 3.63) is 71.0 Å².